The molecule has 0 aliphatic heterocycles. The van der Waals surface area contributed by atoms with Crippen LogP contribution in [0.4, 0.5) is 13.2 Å². The molecule has 1 aromatic heterocycles. The second kappa shape index (κ2) is 6.02. The van der Waals surface area contributed by atoms with E-state index in [1.165, 1.54) is 11.3 Å². The fourth-order valence-electron chi connectivity index (χ4n) is 1.20. The van der Waals surface area contributed by atoms with Crippen molar-refractivity contribution < 1.29 is 22.7 Å². The van der Waals surface area contributed by atoms with Crippen LogP contribution in [-0.2, 0) is 9.53 Å². The highest BCUT2D eigenvalue weighted by Crippen LogP contribution is 2.22. The van der Waals surface area contributed by atoms with Gasteiger partial charge in [0.25, 0.3) is 0 Å². The molecule has 96 valence electrons. The molecule has 0 bridgehead atoms. The second-order valence-electron chi connectivity index (χ2n) is 3.20. The van der Waals surface area contributed by atoms with Crippen molar-refractivity contribution in [3.8, 4) is 0 Å². The first-order valence-corrected chi connectivity index (χ1v) is 5.82. The van der Waals surface area contributed by atoms with E-state index < -0.39 is 24.7 Å². The zero-order chi connectivity index (χ0) is 12.9. The van der Waals surface area contributed by atoms with Gasteiger partial charge in [-0.3, -0.25) is 5.32 Å². The Morgan fingerprint density at radius 1 is 1.59 bits per heavy atom. The van der Waals surface area contributed by atoms with Gasteiger partial charge in [0.05, 0.1) is 13.2 Å². The molecule has 0 saturated heterocycles. The van der Waals surface area contributed by atoms with Gasteiger partial charge in [-0.25, -0.2) is 4.79 Å². The van der Waals surface area contributed by atoms with Crippen LogP contribution in [-0.4, -0.2) is 25.3 Å². The Morgan fingerprint density at radius 3 is 2.76 bits per heavy atom. The zero-order valence-corrected chi connectivity index (χ0v) is 9.90. The van der Waals surface area contributed by atoms with E-state index in [4.69, 9.17) is 4.74 Å². The zero-order valence-electron chi connectivity index (χ0n) is 9.08. The lowest BCUT2D eigenvalue weighted by molar-refractivity contribution is -0.148. The molecular weight excluding hydrogens is 255 g/mol. The summed E-state index contributed by atoms with van der Waals surface area (Å²) in [7, 11) is 0. The lowest BCUT2D eigenvalue weighted by Gasteiger charge is -2.17. The number of ether oxygens (including phenoxy) is 1. The van der Waals surface area contributed by atoms with Gasteiger partial charge in [0.1, 0.15) is 6.04 Å². The first-order chi connectivity index (χ1) is 7.94. The van der Waals surface area contributed by atoms with Crippen molar-refractivity contribution in [2.24, 2.45) is 0 Å². The van der Waals surface area contributed by atoms with E-state index in [1.54, 1.807) is 24.4 Å². The molecular formula is C10H12F3NO2S. The summed E-state index contributed by atoms with van der Waals surface area (Å²) in [6, 6.07) is 2.20. The lowest BCUT2D eigenvalue weighted by Crippen LogP contribution is -2.36. The fourth-order valence-corrected chi connectivity index (χ4v) is 1.99. The smallest absolute Gasteiger partial charge is 0.401 e. The van der Waals surface area contributed by atoms with E-state index in [0.717, 1.165) is 0 Å². The highest BCUT2D eigenvalue weighted by atomic mass is 32.1. The van der Waals surface area contributed by atoms with Crippen LogP contribution in [0.25, 0.3) is 0 Å². The molecule has 3 nitrogen and oxygen atoms in total. The maximum atomic E-state index is 12.1. The molecule has 0 fully saturated rings. The van der Waals surface area contributed by atoms with Crippen LogP contribution in [0.2, 0.25) is 0 Å². The molecule has 0 radical (unpaired) electrons. The van der Waals surface area contributed by atoms with Crippen LogP contribution in [0.1, 0.15) is 17.8 Å². The summed E-state index contributed by atoms with van der Waals surface area (Å²) >= 11 is 1.21. The van der Waals surface area contributed by atoms with Crippen LogP contribution in [0.15, 0.2) is 17.5 Å². The molecule has 0 spiro atoms. The van der Waals surface area contributed by atoms with Crippen molar-refractivity contribution in [1.29, 1.82) is 0 Å². The molecule has 1 heterocycles. The van der Waals surface area contributed by atoms with E-state index in [9.17, 15) is 18.0 Å². The maximum absolute atomic E-state index is 12.1. The maximum Gasteiger partial charge on any atom is 0.401 e. The monoisotopic (exact) mass is 267 g/mol. The van der Waals surface area contributed by atoms with E-state index in [2.05, 4.69) is 5.32 Å². The van der Waals surface area contributed by atoms with Crippen LogP contribution in [0.5, 0.6) is 0 Å². The van der Waals surface area contributed by atoms with Crippen molar-refractivity contribution in [2.45, 2.75) is 19.1 Å². The topological polar surface area (TPSA) is 38.3 Å². The summed E-state index contributed by atoms with van der Waals surface area (Å²) in [6.07, 6.45) is -4.36. The number of halogens is 3. The van der Waals surface area contributed by atoms with E-state index in [-0.39, 0.29) is 6.61 Å². The normalized spacial score (nSPS) is 13.4. The van der Waals surface area contributed by atoms with Gasteiger partial charge in [0.2, 0.25) is 0 Å². The van der Waals surface area contributed by atoms with Gasteiger partial charge < -0.3 is 4.74 Å². The Labute approximate surface area is 101 Å². The Bertz CT molecular complexity index is 351. The van der Waals surface area contributed by atoms with Gasteiger partial charge in [-0.05, 0) is 18.4 Å². The van der Waals surface area contributed by atoms with E-state index in [1.807, 2.05) is 0 Å². The van der Waals surface area contributed by atoms with Gasteiger partial charge in [-0.2, -0.15) is 13.2 Å². The number of carbonyl (C=O) groups is 1. The average molecular weight is 267 g/mol. The summed E-state index contributed by atoms with van der Waals surface area (Å²) in [6.45, 7) is 0.510. The highest BCUT2D eigenvalue weighted by Gasteiger charge is 2.31. The number of hydrogen-bond acceptors (Lipinski definition) is 4. The number of nitrogens with one attached hydrogen (secondary N) is 1. The standard InChI is InChI=1S/C10H12F3NO2S/c1-2-16-9(15)8(7-4-3-5-17-7)14-6-10(11,12)13/h3-5,8,14H,2,6H2,1H3. The molecule has 1 atom stereocenters. The molecule has 7 heteroatoms. The third-order valence-electron chi connectivity index (χ3n) is 1.86. The quantitative estimate of drug-likeness (QED) is 0.833. The third kappa shape index (κ3) is 4.74. The number of carbonyl (C=O) groups excluding carboxylic acids is 1. The van der Waals surface area contributed by atoms with Crippen molar-refractivity contribution in [3.63, 3.8) is 0 Å². The first kappa shape index (κ1) is 14.0. The van der Waals surface area contributed by atoms with Crippen LogP contribution >= 0.6 is 11.3 Å². The number of thiophene rings is 1. The molecule has 0 aliphatic rings. The number of esters is 1. The third-order valence-corrected chi connectivity index (χ3v) is 2.79. The van der Waals surface area contributed by atoms with Crippen LogP contribution in [0.3, 0.4) is 0 Å². The minimum Gasteiger partial charge on any atom is -0.465 e. The van der Waals surface area contributed by atoms with Crippen LogP contribution < -0.4 is 5.32 Å². The lowest BCUT2D eigenvalue weighted by atomic mass is 10.2. The Balaban J connectivity index is 2.70. The number of rotatable bonds is 5. The summed E-state index contributed by atoms with van der Waals surface area (Å²) in [5.74, 6) is -0.695. The largest absolute Gasteiger partial charge is 0.465 e. The van der Waals surface area contributed by atoms with Gasteiger partial charge in [-0.1, -0.05) is 6.07 Å². The molecule has 0 aliphatic carbocycles. The van der Waals surface area contributed by atoms with Crippen molar-refractivity contribution >= 4 is 17.3 Å². The molecule has 1 N–H and O–H groups in total. The van der Waals surface area contributed by atoms with Crippen molar-refractivity contribution in [2.75, 3.05) is 13.2 Å². The summed E-state index contributed by atoms with van der Waals surface area (Å²) in [4.78, 5) is 12.0. The molecule has 0 saturated carbocycles. The Hall–Kier alpha value is -1.08. The Kier molecular flexibility index (Phi) is 4.95. The summed E-state index contributed by atoms with van der Waals surface area (Å²) in [5.41, 5.74) is 0. The molecule has 17 heavy (non-hydrogen) atoms. The second-order valence-corrected chi connectivity index (χ2v) is 4.18. The molecule has 1 rings (SSSR count). The molecule has 1 aromatic rings. The van der Waals surface area contributed by atoms with Crippen molar-refractivity contribution in [3.05, 3.63) is 22.4 Å². The van der Waals surface area contributed by atoms with Gasteiger partial charge in [0.15, 0.2) is 0 Å². The number of hydrogen-bond donors (Lipinski definition) is 1. The molecule has 1 unspecified atom stereocenters. The highest BCUT2D eigenvalue weighted by molar-refractivity contribution is 7.10. The summed E-state index contributed by atoms with van der Waals surface area (Å²) in [5, 5.41) is 3.85. The average Bonchev–Trinajstić information content (AvgIpc) is 2.70. The predicted octanol–water partition coefficient (Wildman–Crippen LogP) is 2.50. The predicted molar refractivity (Wildman–Crippen MR) is 57.8 cm³/mol. The number of alkyl halides is 3. The molecule has 0 amide bonds. The minimum absolute atomic E-state index is 0.133. The van der Waals surface area contributed by atoms with Gasteiger partial charge in [-0.15, -0.1) is 11.3 Å². The van der Waals surface area contributed by atoms with Crippen molar-refractivity contribution in [1.82, 2.24) is 5.32 Å². The van der Waals surface area contributed by atoms with E-state index in [0.29, 0.717) is 4.88 Å². The fraction of sp³-hybridized carbons (Fsp3) is 0.500. The SMILES string of the molecule is CCOC(=O)C(NCC(F)(F)F)c1cccs1. The Morgan fingerprint density at radius 2 is 2.29 bits per heavy atom. The van der Waals surface area contributed by atoms with Crippen LogP contribution in [0, 0.1) is 0 Å². The van der Waals surface area contributed by atoms with Gasteiger partial charge >= 0.3 is 12.1 Å². The summed E-state index contributed by atoms with van der Waals surface area (Å²) < 4.78 is 41.0. The van der Waals surface area contributed by atoms with Gasteiger partial charge in [0, 0.05) is 4.88 Å². The molecule has 0 aromatic carbocycles. The van der Waals surface area contributed by atoms with E-state index >= 15 is 0 Å². The minimum atomic E-state index is -4.36. The first-order valence-electron chi connectivity index (χ1n) is 4.94.